The Morgan fingerprint density at radius 3 is 2.69 bits per heavy atom. The van der Waals surface area contributed by atoms with Crippen LogP contribution < -0.4 is 4.74 Å². The van der Waals surface area contributed by atoms with Gasteiger partial charge in [-0.3, -0.25) is 4.79 Å². The number of hydrogen-bond donors (Lipinski definition) is 1. The fourth-order valence-electron chi connectivity index (χ4n) is 2.74. The van der Waals surface area contributed by atoms with Crippen molar-refractivity contribution in [3.63, 3.8) is 0 Å². The summed E-state index contributed by atoms with van der Waals surface area (Å²) in [6, 6.07) is 11.4. The number of benzene rings is 1. The van der Waals surface area contributed by atoms with Gasteiger partial charge in [0.15, 0.2) is 5.65 Å². The topological polar surface area (TPSA) is 80.5 Å². The van der Waals surface area contributed by atoms with Crippen molar-refractivity contribution in [1.29, 1.82) is 0 Å². The minimum absolute atomic E-state index is 0.222. The third-order valence-electron chi connectivity index (χ3n) is 3.94. The second kappa shape index (κ2) is 7.97. The van der Waals surface area contributed by atoms with E-state index in [1.54, 1.807) is 6.20 Å². The quantitative estimate of drug-likeness (QED) is 0.626. The summed E-state index contributed by atoms with van der Waals surface area (Å²) in [7, 11) is 4.08. The summed E-state index contributed by atoms with van der Waals surface area (Å²) in [5, 5.41) is 14.3. The number of aliphatic carboxylic acids is 1. The molecule has 0 spiro atoms. The van der Waals surface area contributed by atoms with E-state index in [4.69, 9.17) is 9.84 Å². The first-order chi connectivity index (χ1) is 12.5. The second-order valence-electron chi connectivity index (χ2n) is 6.30. The van der Waals surface area contributed by atoms with Crippen LogP contribution in [0.15, 0.2) is 42.6 Å². The van der Waals surface area contributed by atoms with Gasteiger partial charge in [0.05, 0.1) is 6.61 Å². The van der Waals surface area contributed by atoms with Crippen LogP contribution in [0, 0.1) is 0 Å². The number of pyridine rings is 1. The lowest BCUT2D eigenvalue weighted by Gasteiger charge is -2.10. The molecule has 0 unspecified atom stereocenters. The van der Waals surface area contributed by atoms with E-state index in [-0.39, 0.29) is 6.54 Å². The highest BCUT2D eigenvalue weighted by Gasteiger charge is 2.14. The Morgan fingerprint density at radius 2 is 2.00 bits per heavy atom. The van der Waals surface area contributed by atoms with Crippen molar-refractivity contribution < 1.29 is 14.6 Å². The van der Waals surface area contributed by atoms with E-state index in [0.29, 0.717) is 17.9 Å². The predicted molar refractivity (Wildman–Crippen MR) is 99.3 cm³/mol. The van der Waals surface area contributed by atoms with Crippen molar-refractivity contribution in [2.24, 2.45) is 0 Å². The summed E-state index contributed by atoms with van der Waals surface area (Å²) in [6.45, 7) is 1.43. The average Bonchev–Trinajstić information content (AvgIpc) is 2.97. The van der Waals surface area contributed by atoms with Crippen molar-refractivity contribution in [3.05, 3.63) is 42.6 Å². The number of ether oxygens (including phenoxy) is 1. The van der Waals surface area contributed by atoms with Gasteiger partial charge in [0.2, 0.25) is 0 Å². The van der Waals surface area contributed by atoms with Crippen molar-refractivity contribution in [2.45, 2.75) is 13.0 Å². The zero-order valence-corrected chi connectivity index (χ0v) is 14.9. The maximum atomic E-state index is 11.1. The maximum Gasteiger partial charge on any atom is 0.325 e. The summed E-state index contributed by atoms with van der Waals surface area (Å²) in [6.07, 6.45) is 2.60. The Balaban J connectivity index is 1.80. The predicted octanol–water partition coefficient (Wildman–Crippen LogP) is 2.51. The van der Waals surface area contributed by atoms with Gasteiger partial charge in [-0.1, -0.05) is 0 Å². The van der Waals surface area contributed by atoms with Crippen molar-refractivity contribution >= 4 is 17.0 Å². The Hall–Kier alpha value is -2.93. The molecule has 1 N–H and O–H groups in total. The van der Waals surface area contributed by atoms with Gasteiger partial charge in [0.25, 0.3) is 0 Å². The SMILES string of the molecule is CN(C)CCCOc1ccc(-c2nn(CC(=O)O)c3ncccc23)cc1. The van der Waals surface area contributed by atoms with Crippen molar-refractivity contribution in [1.82, 2.24) is 19.7 Å². The number of nitrogens with zero attached hydrogens (tertiary/aromatic N) is 4. The van der Waals surface area contributed by atoms with E-state index in [0.717, 1.165) is 29.7 Å². The van der Waals surface area contributed by atoms with Gasteiger partial charge in [-0.05, 0) is 56.9 Å². The molecule has 2 heterocycles. The van der Waals surface area contributed by atoms with Gasteiger partial charge in [0, 0.05) is 23.7 Å². The standard InChI is InChI=1S/C19H22N4O3/c1-22(2)11-4-12-26-15-8-6-14(7-9-15)18-16-5-3-10-20-19(16)23(21-18)13-17(24)25/h3,5-10H,4,11-13H2,1-2H3,(H,24,25). The Kier molecular flexibility index (Phi) is 5.48. The number of fused-ring (bicyclic) bond motifs is 1. The summed E-state index contributed by atoms with van der Waals surface area (Å²) < 4.78 is 7.17. The minimum atomic E-state index is -0.951. The van der Waals surface area contributed by atoms with Gasteiger partial charge in [0.1, 0.15) is 18.0 Å². The molecule has 0 fully saturated rings. The van der Waals surface area contributed by atoms with E-state index >= 15 is 0 Å². The highest BCUT2D eigenvalue weighted by molar-refractivity contribution is 5.91. The molecule has 7 nitrogen and oxygen atoms in total. The fourth-order valence-corrected chi connectivity index (χ4v) is 2.74. The lowest BCUT2D eigenvalue weighted by molar-refractivity contribution is -0.137. The third-order valence-corrected chi connectivity index (χ3v) is 3.94. The first kappa shape index (κ1) is 17.9. The van der Waals surface area contributed by atoms with E-state index in [1.165, 1.54) is 4.68 Å². The molecule has 0 bridgehead atoms. The molecule has 26 heavy (non-hydrogen) atoms. The van der Waals surface area contributed by atoms with Crippen LogP contribution in [-0.2, 0) is 11.3 Å². The second-order valence-corrected chi connectivity index (χ2v) is 6.30. The van der Waals surface area contributed by atoms with Crippen LogP contribution in [0.4, 0.5) is 0 Å². The molecule has 7 heteroatoms. The average molecular weight is 354 g/mol. The Bertz CT molecular complexity index is 887. The molecule has 0 aliphatic heterocycles. The first-order valence-electron chi connectivity index (χ1n) is 8.46. The van der Waals surface area contributed by atoms with E-state index in [1.807, 2.05) is 50.5 Å². The smallest absolute Gasteiger partial charge is 0.325 e. The number of carbonyl (C=O) groups is 1. The minimum Gasteiger partial charge on any atom is -0.494 e. The van der Waals surface area contributed by atoms with E-state index in [2.05, 4.69) is 15.0 Å². The summed E-state index contributed by atoms with van der Waals surface area (Å²) >= 11 is 0. The molecule has 0 saturated carbocycles. The molecular formula is C19H22N4O3. The third kappa shape index (κ3) is 4.18. The Morgan fingerprint density at radius 1 is 1.23 bits per heavy atom. The van der Waals surface area contributed by atoms with Gasteiger partial charge in [-0.15, -0.1) is 0 Å². The molecule has 1 aromatic carbocycles. The van der Waals surface area contributed by atoms with Crippen LogP contribution in [0.25, 0.3) is 22.3 Å². The zero-order chi connectivity index (χ0) is 18.5. The molecule has 136 valence electrons. The van der Waals surface area contributed by atoms with Crippen LogP contribution in [-0.4, -0.2) is 58.0 Å². The van der Waals surface area contributed by atoms with Crippen LogP contribution >= 0.6 is 0 Å². The first-order valence-corrected chi connectivity index (χ1v) is 8.46. The molecule has 0 aliphatic carbocycles. The van der Waals surface area contributed by atoms with Crippen LogP contribution in [0.1, 0.15) is 6.42 Å². The molecule has 0 atom stereocenters. The molecule has 2 aromatic heterocycles. The van der Waals surface area contributed by atoms with Gasteiger partial charge < -0.3 is 14.7 Å². The van der Waals surface area contributed by atoms with Gasteiger partial charge in [-0.2, -0.15) is 5.10 Å². The van der Waals surface area contributed by atoms with Crippen LogP contribution in [0.5, 0.6) is 5.75 Å². The molecular weight excluding hydrogens is 332 g/mol. The van der Waals surface area contributed by atoms with E-state index in [9.17, 15) is 4.79 Å². The molecule has 3 rings (SSSR count). The number of hydrogen-bond acceptors (Lipinski definition) is 5. The van der Waals surface area contributed by atoms with Gasteiger partial charge >= 0.3 is 5.97 Å². The number of aromatic nitrogens is 3. The molecule has 0 amide bonds. The highest BCUT2D eigenvalue weighted by Crippen LogP contribution is 2.28. The lowest BCUT2D eigenvalue weighted by Crippen LogP contribution is -2.15. The Labute approximate surface area is 151 Å². The lowest BCUT2D eigenvalue weighted by atomic mass is 10.1. The van der Waals surface area contributed by atoms with Crippen LogP contribution in [0.3, 0.4) is 0 Å². The summed E-state index contributed by atoms with van der Waals surface area (Å²) in [5.41, 5.74) is 2.18. The zero-order valence-electron chi connectivity index (χ0n) is 14.9. The summed E-state index contributed by atoms with van der Waals surface area (Å²) in [4.78, 5) is 17.5. The number of carboxylic acid groups (broad SMARTS) is 1. The molecule has 3 aromatic rings. The monoisotopic (exact) mass is 354 g/mol. The van der Waals surface area contributed by atoms with Gasteiger partial charge in [-0.25, -0.2) is 9.67 Å². The van der Waals surface area contributed by atoms with Crippen LogP contribution in [0.2, 0.25) is 0 Å². The normalized spacial score (nSPS) is 11.2. The molecule has 0 saturated heterocycles. The summed E-state index contributed by atoms with van der Waals surface area (Å²) in [5.74, 6) is -0.145. The van der Waals surface area contributed by atoms with Crippen molar-refractivity contribution in [2.75, 3.05) is 27.2 Å². The molecule has 0 aliphatic rings. The number of carboxylic acids is 1. The number of rotatable bonds is 8. The largest absolute Gasteiger partial charge is 0.494 e. The van der Waals surface area contributed by atoms with Crippen molar-refractivity contribution in [3.8, 4) is 17.0 Å². The van der Waals surface area contributed by atoms with E-state index < -0.39 is 5.97 Å². The maximum absolute atomic E-state index is 11.1. The fraction of sp³-hybridized carbons (Fsp3) is 0.316. The highest BCUT2D eigenvalue weighted by atomic mass is 16.5. The molecule has 0 radical (unpaired) electrons.